The third kappa shape index (κ3) is 4.30. The monoisotopic (exact) mass is 366 g/mol. The van der Waals surface area contributed by atoms with Crippen LogP contribution in [0.4, 0.5) is 5.82 Å². The fraction of sp³-hybridized carbons (Fsp3) is 0.105. The first kappa shape index (κ1) is 17.3. The Labute approximate surface area is 155 Å². The molecule has 0 fully saturated rings. The fourth-order valence-corrected chi connectivity index (χ4v) is 3.52. The second-order valence-electron chi connectivity index (χ2n) is 5.37. The van der Waals surface area contributed by atoms with Crippen LogP contribution in [0.3, 0.4) is 0 Å². The topological polar surface area (TPSA) is 75.6 Å². The minimum atomic E-state index is 0.213. The second-order valence-corrected chi connectivity index (χ2v) is 6.72. The molecule has 0 spiro atoms. The summed E-state index contributed by atoms with van der Waals surface area (Å²) in [4.78, 5) is 8.81. The SMILES string of the molecule is N#Cc1c(N)nc(SCc2ccccc2Cl)nc1Cc1ccccc1. The molecule has 0 aliphatic carbocycles. The molecule has 2 aromatic carbocycles. The molecule has 0 atom stereocenters. The van der Waals surface area contributed by atoms with E-state index in [1.165, 1.54) is 11.8 Å². The molecule has 25 heavy (non-hydrogen) atoms. The van der Waals surface area contributed by atoms with E-state index in [4.69, 9.17) is 17.3 Å². The molecule has 4 nitrogen and oxygen atoms in total. The molecule has 0 bridgehead atoms. The summed E-state index contributed by atoms with van der Waals surface area (Å²) >= 11 is 7.64. The van der Waals surface area contributed by atoms with Crippen LogP contribution in [-0.4, -0.2) is 9.97 Å². The zero-order valence-corrected chi connectivity index (χ0v) is 14.9. The number of halogens is 1. The quantitative estimate of drug-likeness (QED) is 0.532. The Morgan fingerprint density at radius 3 is 2.48 bits per heavy atom. The molecule has 1 aromatic heterocycles. The van der Waals surface area contributed by atoms with Crippen molar-refractivity contribution in [2.75, 3.05) is 5.73 Å². The van der Waals surface area contributed by atoms with Crippen LogP contribution in [0.15, 0.2) is 59.8 Å². The summed E-state index contributed by atoms with van der Waals surface area (Å²) in [6.07, 6.45) is 0.538. The van der Waals surface area contributed by atoms with Crippen molar-refractivity contribution in [2.24, 2.45) is 0 Å². The van der Waals surface area contributed by atoms with Crippen LogP contribution in [0.25, 0.3) is 0 Å². The normalized spacial score (nSPS) is 10.4. The second kappa shape index (κ2) is 8.02. The Hall–Kier alpha value is -2.55. The van der Waals surface area contributed by atoms with Gasteiger partial charge in [0, 0.05) is 17.2 Å². The lowest BCUT2D eigenvalue weighted by molar-refractivity contribution is 0.902. The predicted molar refractivity (Wildman–Crippen MR) is 101 cm³/mol. The van der Waals surface area contributed by atoms with E-state index in [9.17, 15) is 5.26 Å². The maximum absolute atomic E-state index is 9.38. The van der Waals surface area contributed by atoms with Gasteiger partial charge >= 0.3 is 0 Å². The predicted octanol–water partition coefficient (Wildman–Crippen LogP) is 4.47. The number of hydrogen-bond acceptors (Lipinski definition) is 5. The number of hydrogen-bond donors (Lipinski definition) is 1. The number of nitrogen functional groups attached to an aromatic ring is 1. The first-order chi connectivity index (χ1) is 12.2. The molecular formula is C19H15ClN4S. The average molecular weight is 367 g/mol. The maximum atomic E-state index is 9.38. The number of nitrogens with two attached hydrogens (primary N) is 1. The van der Waals surface area contributed by atoms with Crippen LogP contribution in [0, 0.1) is 11.3 Å². The van der Waals surface area contributed by atoms with E-state index in [0.29, 0.717) is 33.6 Å². The van der Waals surface area contributed by atoms with E-state index in [0.717, 1.165) is 11.1 Å². The summed E-state index contributed by atoms with van der Waals surface area (Å²) in [6, 6.07) is 19.6. The Kier molecular flexibility index (Phi) is 5.54. The van der Waals surface area contributed by atoms with Crippen LogP contribution in [-0.2, 0) is 12.2 Å². The molecule has 2 N–H and O–H groups in total. The van der Waals surface area contributed by atoms with Crippen molar-refractivity contribution in [3.63, 3.8) is 0 Å². The first-order valence-corrected chi connectivity index (χ1v) is 9.00. The molecule has 3 rings (SSSR count). The van der Waals surface area contributed by atoms with Crippen molar-refractivity contribution in [1.29, 1.82) is 5.26 Å². The molecule has 0 aliphatic heterocycles. The molecule has 0 amide bonds. The van der Waals surface area contributed by atoms with Crippen molar-refractivity contribution in [3.05, 3.63) is 82.0 Å². The summed E-state index contributed by atoms with van der Waals surface area (Å²) in [5.41, 5.74) is 9.03. The highest BCUT2D eigenvalue weighted by Crippen LogP contribution is 2.27. The Morgan fingerprint density at radius 2 is 1.76 bits per heavy atom. The summed E-state index contributed by atoms with van der Waals surface area (Å²) in [5, 5.41) is 10.6. The van der Waals surface area contributed by atoms with Crippen molar-refractivity contribution in [3.8, 4) is 6.07 Å². The Bertz CT molecular complexity index is 922. The highest BCUT2D eigenvalue weighted by molar-refractivity contribution is 7.98. The van der Waals surface area contributed by atoms with Gasteiger partial charge in [-0.15, -0.1) is 0 Å². The number of rotatable bonds is 5. The van der Waals surface area contributed by atoms with E-state index in [1.807, 2.05) is 54.6 Å². The summed E-state index contributed by atoms with van der Waals surface area (Å²) < 4.78 is 0. The highest BCUT2D eigenvalue weighted by atomic mass is 35.5. The van der Waals surface area contributed by atoms with Gasteiger partial charge < -0.3 is 5.73 Å². The smallest absolute Gasteiger partial charge is 0.190 e. The van der Waals surface area contributed by atoms with Crippen LogP contribution < -0.4 is 5.73 Å². The van der Waals surface area contributed by atoms with Gasteiger partial charge in [-0.05, 0) is 17.2 Å². The van der Waals surface area contributed by atoms with Gasteiger partial charge in [0.15, 0.2) is 5.16 Å². The lowest BCUT2D eigenvalue weighted by Crippen LogP contribution is -2.06. The summed E-state index contributed by atoms with van der Waals surface area (Å²) in [5.74, 6) is 0.848. The molecule has 1 heterocycles. The van der Waals surface area contributed by atoms with Crippen molar-refractivity contribution in [1.82, 2.24) is 9.97 Å². The number of nitrogens with zero attached hydrogens (tertiary/aromatic N) is 3. The number of thioether (sulfide) groups is 1. The standard InChI is InChI=1S/C19H15ClN4S/c20-16-9-5-4-8-14(16)12-25-19-23-17(15(11-21)18(22)24-19)10-13-6-2-1-3-7-13/h1-9H,10,12H2,(H2,22,23,24). The fourth-order valence-electron chi connectivity index (χ4n) is 2.36. The maximum Gasteiger partial charge on any atom is 0.190 e. The molecule has 0 unspecified atom stereocenters. The van der Waals surface area contributed by atoms with E-state index in [1.54, 1.807) is 0 Å². The lowest BCUT2D eigenvalue weighted by atomic mass is 10.1. The average Bonchev–Trinajstić information content (AvgIpc) is 2.62. The van der Waals surface area contributed by atoms with Gasteiger partial charge in [0.05, 0.1) is 5.69 Å². The molecule has 0 aliphatic rings. The van der Waals surface area contributed by atoms with Gasteiger partial charge in [-0.1, -0.05) is 71.9 Å². The zero-order chi connectivity index (χ0) is 17.6. The minimum absolute atomic E-state index is 0.213. The molecular weight excluding hydrogens is 352 g/mol. The van der Waals surface area contributed by atoms with E-state index >= 15 is 0 Å². The zero-order valence-electron chi connectivity index (χ0n) is 13.3. The molecule has 0 radical (unpaired) electrons. The lowest BCUT2D eigenvalue weighted by Gasteiger charge is -2.09. The van der Waals surface area contributed by atoms with Crippen molar-refractivity contribution < 1.29 is 0 Å². The van der Waals surface area contributed by atoms with Crippen LogP contribution in [0.5, 0.6) is 0 Å². The van der Waals surface area contributed by atoms with E-state index < -0.39 is 0 Å². The third-order valence-electron chi connectivity index (χ3n) is 3.63. The molecule has 3 aromatic rings. The van der Waals surface area contributed by atoms with Crippen LogP contribution >= 0.6 is 23.4 Å². The summed E-state index contributed by atoms with van der Waals surface area (Å²) in [6.45, 7) is 0. The van der Waals surface area contributed by atoms with Gasteiger partial charge in [0.2, 0.25) is 0 Å². The van der Waals surface area contributed by atoms with Gasteiger partial charge in [-0.3, -0.25) is 0 Å². The van der Waals surface area contributed by atoms with E-state index in [-0.39, 0.29) is 5.82 Å². The first-order valence-electron chi connectivity index (χ1n) is 7.64. The minimum Gasteiger partial charge on any atom is -0.382 e. The molecule has 0 saturated heterocycles. The number of nitriles is 1. The molecule has 6 heteroatoms. The number of benzene rings is 2. The Balaban J connectivity index is 1.86. The van der Waals surface area contributed by atoms with Crippen LogP contribution in [0.1, 0.15) is 22.4 Å². The van der Waals surface area contributed by atoms with Gasteiger partial charge in [0.1, 0.15) is 17.5 Å². The Morgan fingerprint density at radius 1 is 1.04 bits per heavy atom. The van der Waals surface area contributed by atoms with Crippen LogP contribution in [0.2, 0.25) is 5.02 Å². The van der Waals surface area contributed by atoms with Gasteiger partial charge in [-0.25, -0.2) is 9.97 Å². The largest absolute Gasteiger partial charge is 0.382 e. The van der Waals surface area contributed by atoms with Crippen molar-refractivity contribution >= 4 is 29.2 Å². The number of anilines is 1. The van der Waals surface area contributed by atoms with Gasteiger partial charge in [0.25, 0.3) is 0 Å². The number of aromatic nitrogens is 2. The third-order valence-corrected chi connectivity index (χ3v) is 4.90. The molecule has 124 valence electrons. The highest BCUT2D eigenvalue weighted by Gasteiger charge is 2.13. The van der Waals surface area contributed by atoms with Crippen molar-refractivity contribution in [2.45, 2.75) is 17.3 Å². The summed E-state index contributed by atoms with van der Waals surface area (Å²) in [7, 11) is 0. The van der Waals surface area contributed by atoms with Gasteiger partial charge in [-0.2, -0.15) is 5.26 Å². The van der Waals surface area contributed by atoms with E-state index in [2.05, 4.69) is 16.0 Å². The molecule has 0 saturated carbocycles.